The van der Waals surface area contributed by atoms with Crippen molar-refractivity contribution in [2.75, 3.05) is 0 Å². The monoisotopic (exact) mass is 294 g/mol. The lowest BCUT2D eigenvalue weighted by molar-refractivity contribution is -0.0213. The Kier molecular flexibility index (Phi) is 4.34. The lowest BCUT2D eigenvalue weighted by atomic mass is 9.97. The van der Waals surface area contributed by atoms with Crippen LogP contribution in [-0.4, -0.2) is 17.8 Å². The Balaban J connectivity index is 1.56. The largest absolute Gasteiger partial charge is 0.370 e. The molecule has 2 aliphatic rings. The van der Waals surface area contributed by atoms with Gasteiger partial charge in [0.1, 0.15) is 5.60 Å². The van der Waals surface area contributed by atoms with E-state index in [9.17, 15) is 0 Å². The van der Waals surface area contributed by atoms with Crippen LogP contribution in [0.2, 0.25) is 5.02 Å². The van der Waals surface area contributed by atoms with Crippen LogP contribution in [0, 0.1) is 0 Å². The number of epoxide rings is 1. The number of ether oxygens (including phenoxy) is 2. The molecule has 0 radical (unpaired) electrons. The second kappa shape index (κ2) is 6.05. The molecule has 0 amide bonds. The Morgan fingerprint density at radius 1 is 1.30 bits per heavy atom. The topological polar surface area (TPSA) is 21.8 Å². The van der Waals surface area contributed by atoms with Crippen molar-refractivity contribution in [3.63, 3.8) is 0 Å². The molecule has 3 atom stereocenters. The third kappa shape index (κ3) is 2.74. The van der Waals surface area contributed by atoms with Gasteiger partial charge in [-0.2, -0.15) is 0 Å². The molecule has 0 bridgehead atoms. The number of hydrogen-bond acceptors (Lipinski definition) is 2. The summed E-state index contributed by atoms with van der Waals surface area (Å²) >= 11 is 6.18. The summed E-state index contributed by atoms with van der Waals surface area (Å²) < 4.78 is 12.1. The van der Waals surface area contributed by atoms with E-state index in [1.807, 2.05) is 24.3 Å². The average molecular weight is 295 g/mol. The highest BCUT2D eigenvalue weighted by molar-refractivity contribution is 6.31. The van der Waals surface area contributed by atoms with Crippen molar-refractivity contribution in [2.45, 2.75) is 69.9 Å². The van der Waals surface area contributed by atoms with Gasteiger partial charge in [0, 0.05) is 5.02 Å². The normalized spacial score (nSPS) is 31.3. The molecule has 1 aliphatic carbocycles. The number of fused-ring (bicyclic) bond motifs is 1. The van der Waals surface area contributed by atoms with Gasteiger partial charge in [-0.05, 0) is 30.9 Å². The zero-order valence-corrected chi connectivity index (χ0v) is 12.9. The van der Waals surface area contributed by atoms with Crippen LogP contribution in [0.3, 0.4) is 0 Å². The maximum atomic E-state index is 6.18. The van der Waals surface area contributed by atoms with Crippen molar-refractivity contribution >= 4 is 11.6 Å². The molecule has 1 aliphatic heterocycles. The first-order chi connectivity index (χ1) is 9.76. The van der Waals surface area contributed by atoms with Gasteiger partial charge in [-0.3, -0.25) is 0 Å². The van der Waals surface area contributed by atoms with E-state index in [2.05, 4.69) is 6.92 Å². The summed E-state index contributed by atoms with van der Waals surface area (Å²) in [6.45, 7) is 2.83. The van der Waals surface area contributed by atoms with Crippen LogP contribution in [0.15, 0.2) is 24.3 Å². The maximum absolute atomic E-state index is 6.18. The maximum Gasteiger partial charge on any atom is 0.121 e. The molecule has 1 heterocycles. The smallest absolute Gasteiger partial charge is 0.121 e. The Morgan fingerprint density at radius 3 is 2.90 bits per heavy atom. The highest BCUT2D eigenvalue weighted by Gasteiger charge is 2.65. The fourth-order valence-electron chi connectivity index (χ4n) is 3.43. The lowest BCUT2D eigenvalue weighted by Gasteiger charge is -2.21. The molecule has 1 saturated heterocycles. The van der Waals surface area contributed by atoms with Gasteiger partial charge < -0.3 is 9.47 Å². The summed E-state index contributed by atoms with van der Waals surface area (Å²) in [7, 11) is 0. The molecule has 3 rings (SSSR count). The van der Waals surface area contributed by atoms with Gasteiger partial charge in [-0.15, -0.1) is 0 Å². The molecule has 1 saturated carbocycles. The quantitative estimate of drug-likeness (QED) is 0.535. The summed E-state index contributed by atoms with van der Waals surface area (Å²) in [6, 6.07) is 7.91. The summed E-state index contributed by atoms with van der Waals surface area (Å²) in [5.74, 6) is 0. The molecule has 2 fully saturated rings. The van der Waals surface area contributed by atoms with Crippen LogP contribution in [-0.2, 0) is 16.1 Å². The third-order valence-electron chi connectivity index (χ3n) is 4.65. The van der Waals surface area contributed by atoms with E-state index in [4.69, 9.17) is 21.1 Å². The van der Waals surface area contributed by atoms with Gasteiger partial charge in [0.2, 0.25) is 0 Å². The van der Waals surface area contributed by atoms with Gasteiger partial charge in [-0.25, -0.2) is 0 Å². The van der Waals surface area contributed by atoms with Gasteiger partial charge in [-0.1, -0.05) is 56.0 Å². The highest BCUT2D eigenvalue weighted by atomic mass is 35.5. The van der Waals surface area contributed by atoms with Crippen LogP contribution in [0.5, 0.6) is 0 Å². The van der Waals surface area contributed by atoms with Crippen molar-refractivity contribution in [3.8, 4) is 0 Å². The van der Waals surface area contributed by atoms with E-state index in [1.54, 1.807) is 0 Å². The number of benzene rings is 1. The van der Waals surface area contributed by atoms with Crippen LogP contribution < -0.4 is 0 Å². The minimum atomic E-state index is 0.0381. The van der Waals surface area contributed by atoms with Gasteiger partial charge in [0.25, 0.3) is 0 Å². The molecule has 20 heavy (non-hydrogen) atoms. The molecule has 0 aromatic heterocycles. The van der Waals surface area contributed by atoms with Crippen molar-refractivity contribution < 1.29 is 9.47 Å². The molecule has 0 N–H and O–H groups in total. The number of hydrogen-bond donors (Lipinski definition) is 0. The third-order valence-corrected chi connectivity index (χ3v) is 5.02. The summed E-state index contributed by atoms with van der Waals surface area (Å²) in [4.78, 5) is 0. The number of rotatable bonds is 7. The molecule has 110 valence electrons. The zero-order chi connectivity index (χ0) is 14.0. The van der Waals surface area contributed by atoms with E-state index < -0.39 is 0 Å². The summed E-state index contributed by atoms with van der Waals surface area (Å²) in [5, 5.41) is 0.791. The Bertz CT molecular complexity index is 462. The number of unbranched alkanes of at least 4 members (excludes halogenated alkanes) is 2. The zero-order valence-electron chi connectivity index (χ0n) is 12.1. The fraction of sp³-hybridized carbons (Fsp3) is 0.647. The predicted octanol–water partition coefficient (Wildman–Crippen LogP) is 4.74. The lowest BCUT2D eigenvalue weighted by Crippen LogP contribution is -2.30. The van der Waals surface area contributed by atoms with E-state index in [0.717, 1.165) is 29.8 Å². The molecule has 1 aromatic carbocycles. The van der Waals surface area contributed by atoms with E-state index >= 15 is 0 Å². The van der Waals surface area contributed by atoms with E-state index in [-0.39, 0.29) is 11.7 Å². The Morgan fingerprint density at radius 2 is 2.15 bits per heavy atom. The predicted molar refractivity (Wildman–Crippen MR) is 81.0 cm³/mol. The van der Waals surface area contributed by atoms with Gasteiger partial charge >= 0.3 is 0 Å². The SMILES string of the molecule is CCCCC[C@]12O[C@H]1CC[C@H]2OCc1ccccc1Cl. The van der Waals surface area contributed by atoms with Crippen LogP contribution >= 0.6 is 11.6 Å². The number of halogens is 1. The standard InChI is InChI=1S/C17H23ClO2/c1-2-3-6-11-17-15(9-10-16(17)20-17)19-12-13-7-4-5-8-14(13)18/h4-5,7-8,15-16H,2-3,6,9-12H2,1H3/t15-,16+,17-/m1/s1. The second-order valence-electron chi connectivity index (χ2n) is 5.99. The molecular weight excluding hydrogens is 272 g/mol. The molecule has 2 nitrogen and oxygen atoms in total. The van der Waals surface area contributed by atoms with Gasteiger partial charge in [0.05, 0.1) is 18.8 Å². The van der Waals surface area contributed by atoms with Crippen LogP contribution in [0.25, 0.3) is 0 Å². The first-order valence-electron chi connectivity index (χ1n) is 7.79. The molecule has 0 spiro atoms. The highest BCUT2D eigenvalue weighted by Crippen LogP contribution is 2.54. The summed E-state index contributed by atoms with van der Waals surface area (Å²) in [6.07, 6.45) is 7.93. The van der Waals surface area contributed by atoms with Crippen molar-refractivity contribution in [1.82, 2.24) is 0 Å². The fourth-order valence-corrected chi connectivity index (χ4v) is 3.62. The molecule has 1 aromatic rings. The molecule has 3 heteroatoms. The minimum Gasteiger partial charge on any atom is -0.370 e. The first kappa shape index (κ1) is 14.4. The molecular formula is C17H23ClO2. The van der Waals surface area contributed by atoms with Crippen molar-refractivity contribution in [3.05, 3.63) is 34.9 Å². The minimum absolute atomic E-state index is 0.0381. The Hall–Kier alpha value is -0.570. The van der Waals surface area contributed by atoms with Crippen molar-refractivity contribution in [2.24, 2.45) is 0 Å². The van der Waals surface area contributed by atoms with E-state index in [1.165, 1.54) is 19.3 Å². The van der Waals surface area contributed by atoms with Crippen LogP contribution in [0.4, 0.5) is 0 Å². The molecule has 0 unspecified atom stereocenters. The van der Waals surface area contributed by atoms with Gasteiger partial charge in [0.15, 0.2) is 0 Å². The Labute approximate surface area is 126 Å². The first-order valence-corrected chi connectivity index (χ1v) is 8.17. The van der Waals surface area contributed by atoms with E-state index in [0.29, 0.717) is 12.7 Å². The second-order valence-corrected chi connectivity index (χ2v) is 6.39. The average Bonchev–Trinajstić information content (AvgIpc) is 3.06. The van der Waals surface area contributed by atoms with Crippen LogP contribution in [0.1, 0.15) is 51.0 Å². The van der Waals surface area contributed by atoms with Crippen molar-refractivity contribution in [1.29, 1.82) is 0 Å². The summed E-state index contributed by atoms with van der Waals surface area (Å²) in [5.41, 5.74) is 1.11.